The summed E-state index contributed by atoms with van der Waals surface area (Å²) in [6.07, 6.45) is 1.11. The molecule has 0 saturated carbocycles. The van der Waals surface area contributed by atoms with Gasteiger partial charge in [-0.3, -0.25) is 0 Å². The molecule has 1 fully saturated rings. The first kappa shape index (κ1) is 12.6. The monoisotopic (exact) mass is 276 g/mol. The second-order valence-electron chi connectivity index (χ2n) is 4.87. The summed E-state index contributed by atoms with van der Waals surface area (Å²) in [4.78, 5) is 4.33. The Bertz CT molecular complexity index is 624. The van der Waals surface area contributed by atoms with Crippen LogP contribution in [0.3, 0.4) is 0 Å². The molecule has 0 aliphatic carbocycles. The summed E-state index contributed by atoms with van der Waals surface area (Å²) in [6.45, 7) is 2.79. The van der Waals surface area contributed by atoms with Crippen molar-refractivity contribution in [3.05, 3.63) is 52.4 Å². The van der Waals surface area contributed by atoms with Gasteiger partial charge in [0, 0.05) is 11.6 Å². The van der Waals surface area contributed by atoms with Crippen LogP contribution < -0.4 is 5.32 Å². The van der Waals surface area contributed by atoms with Crippen LogP contribution in [0.1, 0.15) is 23.6 Å². The lowest BCUT2D eigenvalue weighted by molar-refractivity contribution is 0.383. The summed E-state index contributed by atoms with van der Waals surface area (Å²) >= 11 is 6.08. The van der Waals surface area contributed by atoms with Crippen LogP contribution in [0.4, 0.5) is 4.39 Å². The van der Waals surface area contributed by atoms with Crippen LogP contribution in [0.5, 0.6) is 0 Å². The number of nitrogens with zero attached hydrogens (tertiary/aromatic N) is 1. The molecule has 1 aliphatic heterocycles. The highest BCUT2D eigenvalue weighted by molar-refractivity contribution is 6.29. The molecule has 4 heteroatoms. The van der Waals surface area contributed by atoms with Crippen molar-refractivity contribution >= 4 is 11.6 Å². The van der Waals surface area contributed by atoms with Gasteiger partial charge in [-0.1, -0.05) is 11.6 Å². The molecule has 3 rings (SSSR count). The molecule has 2 aromatic rings. The van der Waals surface area contributed by atoms with Crippen molar-refractivity contribution in [2.45, 2.75) is 19.4 Å². The van der Waals surface area contributed by atoms with E-state index in [9.17, 15) is 4.39 Å². The molecule has 1 saturated heterocycles. The van der Waals surface area contributed by atoms with E-state index in [4.69, 9.17) is 11.6 Å². The topological polar surface area (TPSA) is 24.9 Å². The second kappa shape index (κ2) is 4.91. The molecule has 1 atom stereocenters. The van der Waals surface area contributed by atoms with Gasteiger partial charge in [-0.15, -0.1) is 0 Å². The number of hydrogen-bond donors (Lipinski definition) is 1. The maximum absolute atomic E-state index is 13.3. The van der Waals surface area contributed by atoms with Crippen LogP contribution in [0.2, 0.25) is 5.15 Å². The predicted octanol–water partition coefficient (Wildman–Crippen LogP) is 3.88. The zero-order valence-corrected chi connectivity index (χ0v) is 11.3. The molecular formula is C15H14ClFN2. The fraction of sp³-hybridized carbons (Fsp3) is 0.267. The largest absolute Gasteiger partial charge is 0.310 e. The third kappa shape index (κ3) is 2.48. The Hall–Kier alpha value is -1.45. The Labute approximate surface area is 116 Å². The Balaban J connectivity index is 2.03. The number of hydrogen-bond acceptors (Lipinski definition) is 2. The van der Waals surface area contributed by atoms with Gasteiger partial charge in [0.1, 0.15) is 11.0 Å². The van der Waals surface area contributed by atoms with Gasteiger partial charge in [0.05, 0.1) is 5.69 Å². The number of aromatic nitrogens is 1. The van der Waals surface area contributed by atoms with Gasteiger partial charge in [-0.2, -0.15) is 0 Å². The number of benzene rings is 1. The van der Waals surface area contributed by atoms with Crippen molar-refractivity contribution in [1.29, 1.82) is 0 Å². The normalized spacial score (nSPS) is 18.2. The molecule has 1 unspecified atom stereocenters. The minimum Gasteiger partial charge on any atom is -0.310 e. The lowest BCUT2D eigenvalue weighted by Crippen LogP contribution is -2.34. The van der Waals surface area contributed by atoms with Crippen molar-refractivity contribution in [2.24, 2.45) is 0 Å². The Kier molecular flexibility index (Phi) is 3.25. The fourth-order valence-corrected chi connectivity index (χ4v) is 2.46. The van der Waals surface area contributed by atoms with Crippen LogP contribution >= 0.6 is 11.6 Å². The Morgan fingerprint density at radius 1 is 1.32 bits per heavy atom. The summed E-state index contributed by atoms with van der Waals surface area (Å²) in [5.74, 6) is -0.202. The maximum Gasteiger partial charge on any atom is 0.130 e. The van der Waals surface area contributed by atoms with Gasteiger partial charge in [0.2, 0.25) is 0 Å². The summed E-state index contributed by atoms with van der Waals surface area (Å²) in [7, 11) is 0. The van der Waals surface area contributed by atoms with Gasteiger partial charge in [-0.25, -0.2) is 9.37 Å². The van der Waals surface area contributed by atoms with E-state index in [1.807, 2.05) is 12.1 Å². The van der Waals surface area contributed by atoms with Crippen molar-refractivity contribution in [2.75, 3.05) is 6.54 Å². The molecule has 0 radical (unpaired) electrons. The summed E-state index contributed by atoms with van der Waals surface area (Å²) in [5, 5.41) is 3.82. The summed E-state index contributed by atoms with van der Waals surface area (Å²) < 4.78 is 13.3. The molecule has 1 aromatic heterocycles. The predicted molar refractivity (Wildman–Crippen MR) is 74.7 cm³/mol. The van der Waals surface area contributed by atoms with Crippen molar-refractivity contribution in [3.63, 3.8) is 0 Å². The highest BCUT2D eigenvalue weighted by Crippen LogP contribution is 2.29. The number of rotatable bonds is 2. The highest BCUT2D eigenvalue weighted by Gasteiger charge is 2.20. The minimum atomic E-state index is -0.202. The molecule has 1 aliphatic rings. The lowest BCUT2D eigenvalue weighted by atomic mass is 9.97. The summed E-state index contributed by atoms with van der Waals surface area (Å²) in [5.41, 5.74) is 3.44. The van der Waals surface area contributed by atoms with Crippen LogP contribution in [0.25, 0.3) is 11.3 Å². The number of aryl methyl sites for hydroxylation is 1. The van der Waals surface area contributed by atoms with E-state index in [1.54, 1.807) is 19.1 Å². The molecule has 19 heavy (non-hydrogen) atoms. The second-order valence-corrected chi connectivity index (χ2v) is 5.26. The third-order valence-electron chi connectivity index (χ3n) is 3.50. The molecule has 0 bridgehead atoms. The number of halogens is 2. The van der Waals surface area contributed by atoms with Crippen molar-refractivity contribution in [1.82, 2.24) is 10.3 Å². The molecule has 2 heterocycles. The van der Waals surface area contributed by atoms with Crippen molar-refractivity contribution < 1.29 is 4.39 Å². The molecular weight excluding hydrogens is 263 g/mol. The van der Waals surface area contributed by atoms with E-state index in [1.165, 1.54) is 6.07 Å². The summed E-state index contributed by atoms with van der Waals surface area (Å²) in [6, 6.07) is 9.27. The average molecular weight is 277 g/mol. The first-order valence-electron chi connectivity index (χ1n) is 6.31. The molecule has 2 nitrogen and oxygen atoms in total. The zero-order valence-electron chi connectivity index (χ0n) is 10.6. The standard InChI is InChI=1S/C15H14ClFN2/c1-9-6-10(2-3-12(9)17)14-7-11(8-15(16)19-14)13-4-5-18-13/h2-3,6-8,13,18H,4-5H2,1H3. The van der Waals surface area contributed by atoms with Gasteiger partial charge in [0.15, 0.2) is 0 Å². The minimum absolute atomic E-state index is 0.202. The lowest BCUT2D eigenvalue weighted by Gasteiger charge is -2.28. The van der Waals surface area contributed by atoms with Gasteiger partial charge in [0.25, 0.3) is 0 Å². The van der Waals surface area contributed by atoms with E-state index in [-0.39, 0.29) is 5.82 Å². The quantitative estimate of drug-likeness (QED) is 0.842. The molecule has 98 valence electrons. The first-order valence-corrected chi connectivity index (χ1v) is 6.69. The van der Waals surface area contributed by atoms with E-state index < -0.39 is 0 Å². The van der Waals surface area contributed by atoms with Crippen LogP contribution in [-0.4, -0.2) is 11.5 Å². The number of nitrogens with one attached hydrogen (secondary N) is 1. The van der Waals surface area contributed by atoms with Gasteiger partial charge >= 0.3 is 0 Å². The highest BCUT2D eigenvalue weighted by atomic mass is 35.5. The Morgan fingerprint density at radius 3 is 2.74 bits per heavy atom. The fourth-order valence-electron chi connectivity index (χ4n) is 2.24. The SMILES string of the molecule is Cc1cc(-c2cc(C3CCN3)cc(Cl)n2)ccc1F. The molecule has 0 spiro atoms. The van der Waals surface area contributed by atoms with E-state index in [0.717, 1.165) is 29.8 Å². The molecule has 1 N–H and O–H groups in total. The van der Waals surface area contributed by atoms with E-state index in [2.05, 4.69) is 10.3 Å². The average Bonchev–Trinajstić information content (AvgIpc) is 2.29. The molecule has 0 amide bonds. The van der Waals surface area contributed by atoms with E-state index in [0.29, 0.717) is 16.8 Å². The molecule has 1 aromatic carbocycles. The van der Waals surface area contributed by atoms with Crippen LogP contribution in [-0.2, 0) is 0 Å². The zero-order chi connectivity index (χ0) is 13.4. The van der Waals surface area contributed by atoms with Crippen LogP contribution in [0, 0.1) is 12.7 Å². The number of pyridine rings is 1. The van der Waals surface area contributed by atoms with Crippen molar-refractivity contribution in [3.8, 4) is 11.3 Å². The Morgan fingerprint density at radius 2 is 2.11 bits per heavy atom. The van der Waals surface area contributed by atoms with Gasteiger partial charge < -0.3 is 5.32 Å². The van der Waals surface area contributed by atoms with E-state index >= 15 is 0 Å². The maximum atomic E-state index is 13.3. The smallest absolute Gasteiger partial charge is 0.130 e. The van der Waals surface area contributed by atoms with Gasteiger partial charge in [-0.05, 0) is 61.3 Å². The first-order chi connectivity index (χ1) is 9.13. The third-order valence-corrected chi connectivity index (χ3v) is 3.69. The van der Waals surface area contributed by atoms with Crippen LogP contribution in [0.15, 0.2) is 30.3 Å².